The molecule has 0 unspecified atom stereocenters. The van der Waals surface area contributed by atoms with Gasteiger partial charge in [-0.05, 0) is 35.4 Å². The maximum Gasteiger partial charge on any atom is 0.0728 e. The zero-order valence-electron chi connectivity index (χ0n) is 11.6. The summed E-state index contributed by atoms with van der Waals surface area (Å²) in [5.41, 5.74) is 4.75. The molecule has 0 amide bonds. The summed E-state index contributed by atoms with van der Waals surface area (Å²) in [4.78, 5) is 6.46. The lowest BCUT2D eigenvalue weighted by molar-refractivity contribution is 0.109. The van der Waals surface area contributed by atoms with Gasteiger partial charge in [0.1, 0.15) is 0 Å². The number of H-pyrrole nitrogens is 2. The molecular weight excluding hydrogens is 260 g/mol. The first-order chi connectivity index (χ1) is 10.4. The highest BCUT2D eigenvalue weighted by Gasteiger charge is 2.04. The van der Waals surface area contributed by atoms with Crippen molar-refractivity contribution in [3.8, 4) is 0 Å². The topological polar surface area (TPSA) is 40.8 Å². The zero-order chi connectivity index (χ0) is 14.1. The highest BCUT2D eigenvalue weighted by Crippen LogP contribution is 2.21. The summed E-state index contributed by atoms with van der Waals surface area (Å²) in [5.74, 6) is 0. The van der Waals surface area contributed by atoms with Crippen molar-refractivity contribution in [3.63, 3.8) is 0 Å². The van der Waals surface area contributed by atoms with E-state index in [1.165, 1.54) is 21.9 Å². The lowest BCUT2D eigenvalue weighted by Gasteiger charge is -2.07. The fourth-order valence-electron chi connectivity index (χ4n) is 2.82. The maximum absolute atomic E-state index is 5.93. The minimum absolute atomic E-state index is 0.621. The third-order valence-corrected chi connectivity index (χ3v) is 3.89. The Bertz CT molecular complexity index is 814. The second kappa shape index (κ2) is 5.11. The molecule has 2 aromatic carbocycles. The van der Waals surface area contributed by atoms with Gasteiger partial charge in [0, 0.05) is 34.2 Å². The largest absolute Gasteiger partial charge is 0.372 e. The molecule has 0 atom stereocenters. The Hall–Kier alpha value is -2.52. The molecule has 0 aliphatic rings. The highest BCUT2D eigenvalue weighted by molar-refractivity contribution is 5.83. The lowest BCUT2D eigenvalue weighted by Crippen LogP contribution is -1.95. The van der Waals surface area contributed by atoms with E-state index < -0.39 is 0 Å². The molecule has 0 aliphatic heterocycles. The van der Waals surface area contributed by atoms with Gasteiger partial charge in [-0.3, -0.25) is 0 Å². The molecule has 4 rings (SSSR count). The summed E-state index contributed by atoms with van der Waals surface area (Å²) in [7, 11) is 0. The van der Waals surface area contributed by atoms with Gasteiger partial charge in [-0.2, -0.15) is 0 Å². The number of rotatable bonds is 4. The van der Waals surface area contributed by atoms with Crippen LogP contribution >= 0.6 is 0 Å². The van der Waals surface area contributed by atoms with Crippen LogP contribution in [0.25, 0.3) is 21.8 Å². The van der Waals surface area contributed by atoms with Crippen LogP contribution in [0.5, 0.6) is 0 Å². The van der Waals surface area contributed by atoms with Crippen LogP contribution in [-0.2, 0) is 18.0 Å². The zero-order valence-corrected chi connectivity index (χ0v) is 11.6. The van der Waals surface area contributed by atoms with Gasteiger partial charge in [-0.25, -0.2) is 0 Å². The molecule has 0 fully saturated rings. The van der Waals surface area contributed by atoms with Crippen LogP contribution in [0.4, 0.5) is 0 Å². The molecule has 0 radical (unpaired) electrons. The van der Waals surface area contributed by atoms with Crippen molar-refractivity contribution in [1.82, 2.24) is 9.97 Å². The summed E-state index contributed by atoms with van der Waals surface area (Å²) in [6.45, 7) is 1.24. The van der Waals surface area contributed by atoms with Crippen LogP contribution in [0, 0.1) is 0 Å². The van der Waals surface area contributed by atoms with Gasteiger partial charge in [0.05, 0.1) is 13.2 Å². The van der Waals surface area contributed by atoms with Crippen LogP contribution in [-0.4, -0.2) is 9.97 Å². The normalized spacial score (nSPS) is 11.4. The molecule has 3 heteroatoms. The summed E-state index contributed by atoms with van der Waals surface area (Å²) in [6, 6.07) is 16.7. The monoisotopic (exact) mass is 276 g/mol. The minimum Gasteiger partial charge on any atom is -0.372 e. The highest BCUT2D eigenvalue weighted by atomic mass is 16.5. The van der Waals surface area contributed by atoms with E-state index in [0.29, 0.717) is 13.2 Å². The van der Waals surface area contributed by atoms with Crippen molar-refractivity contribution >= 4 is 21.8 Å². The molecule has 0 spiro atoms. The van der Waals surface area contributed by atoms with E-state index in [4.69, 9.17) is 4.74 Å². The molecule has 4 aromatic rings. The molecule has 0 saturated carbocycles. The first kappa shape index (κ1) is 12.2. The molecule has 21 heavy (non-hydrogen) atoms. The number of ether oxygens (including phenoxy) is 1. The van der Waals surface area contributed by atoms with Crippen LogP contribution in [0.3, 0.4) is 0 Å². The second-order valence-electron chi connectivity index (χ2n) is 5.20. The van der Waals surface area contributed by atoms with Gasteiger partial charge in [-0.15, -0.1) is 0 Å². The number of aromatic amines is 2. The van der Waals surface area contributed by atoms with E-state index in [-0.39, 0.29) is 0 Å². The Kier molecular flexibility index (Phi) is 2.98. The minimum atomic E-state index is 0.621. The molecule has 0 saturated heterocycles. The van der Waals surface area contributed by atoms with Gasteiger partial charge in [0.25, 0.3) is 0 Å². The lowest BCUT2D eigenvalue weighted by atomic mass is 10.1. The van der Waals surface area contributed by atoms with Gasteiger partial charge in [0.15, 0.2) is 0 Å². The first-order valence-corrected chi connectivity index (χ1v) is 7.09. The van der Waals surface area contributed by atoms with Crippen molar-refractivity contribution in [3.05, 3.63) is 72.1 Å². The van der Waals surface area contributed by atoms with Crippen LogP contribution in [0.15, 0.2) is 60.9 Å². The predicted octanol–water partition coefficient (Wildman–Crippen LogP) is 4.37. The van der Waals surface area contributed by atoms with Crippen LogP contribution in [0.1, 0.15) is 11.1 Å². The number of benzene rings is 2. The number of hydrogen-bond acceptors (Lipinski definition) is 1. The molecule has 2 heterocycles. The van der Waals surface area contributed by atoms with Gasteiger partial charge >= 0.3 is 0 Å². The van der Waals surface area contributed by atoms with Crippen molar-refractivity contribution < 1.29 is 4.74 Å². The van der Waals surface area contributed by atoms with Gasteiger partial charge < -0.3 is 14.7 Å². The number of aromatic nitrogens is 2. The SMILES string of the molecule is c1cc(COCc2cccc3[nH]ccc23)c2cc[nH]c2c1. The van der Waals surface area contributed by atoms with E-state index in [1.54, 1.807) is 0 Å². The van der Waals surface area contributed by atoms with E-state index in [2.05, 4.69) is 58.5 Å². The smallest absolute Gasteiger partial charge is 0.0728 e. The Balaban J connectivity index is 1.53. The number of fused-ring (bicyclic) bond motifs is 2. The molecule has 104 valence electrons. The van der Waals surface area contributed by atoms with Crippen molar-refractivity contribution in [2.45, 2.75) is 13.2 Å². The van der Waals surface area contributed by atoms with E-state index in [1.807, 2.05) is 12.4 Å². The fraction of sp³-hybridized carbons (Fsp3) is 0.111. The molecule has 0 aliphatic carbocycles. The molecule has 2 aromatic heterocycles. The van der Waals surface area contributed by atoms with Crippen molar-refractivity contribution in [2.75, 3.05) is 0 Å². The predicted molar refractivity (Wildman–Crippen MR) is 85.1 cm³/mol. The van der Waals surface area contributed by atoms with Gasteiger partial charge in [0.2, 0.25) is 0 Å². The maximum atomic E-state index is 5.93. The third kappa shape index (κ3) is 2.22. The Labute approximate surface area is 122 Å². The first-order valence-electron chi connectivity index (χ1n) is 7.09. The molecule has 2 N–H and O–H groups in total. The standard InChI is InChI=1S/C18H16N2O/c1-3-13(15-7-9-19-17(15)5-1)11-21-12-14-4-2-6-18-16(14)8-10-20-18/h1-10,19-20H,11-12H2. The van der Waals surface area contributed by atoms with Crippen molar-refractivity contribution in [1.29, 1.82) is 0 Å². The Morgan fingerprint density at radius 3 is 1.71 bits per heavy atom. The van der Waals surface area contributed by atoms with Crippen LogP contribution in [0.2, 0.25) is 0 Å². The third-order valence-electron chi connectivity index (χ3n) is 3.89. The van der Waals surface area contributed by atoms with E-state index >= 15 is 0 Å². The average molecular weight is 276 g/mol. The van der Waals surface area contributed by atoms with E-state index in [0.717, 1.165) is 11.0 Å². The van der Waals surface area contributed by atoms with Crippen LogP contribution < -0.4 is 0 Å². The average Bonchev–Trinajstić information content (AvgIpc) is 3.16. The van der Waals surface area contributed by atoms with Gasteiger partial charge in [-0.1, -0.05) is 24.3 Å². The summed E-state index contributed by atoms with van der Waals surface area (Å²) in [5, 5.41) is 2.47. The summed E-state index contributed by atoms with van der Waals surface area (Å²) in [6.07, 6.45) is 3.93. The second-order valence-corrected chi connectivity index (χ2v) is 5.20. The quantitative estimate of drug-likeness (QED) is 0.571. The number of hydrogen-bond donors (Lipinski definition) is 2. The number of nitrogens with one attached hydrogen (secondary N) is 2. The summed E-state index contributed by atoms with van der Waals surface area (Å²) >= 11 is 0. The Morgan fingerprint density at radius 1 is 0.667 bits per heavy atom. The summed E-state index contributed by atoms with van der Waals surface area (Å²) < 4.78 is 5.93. The van der Waals surface area contributed by atoms with Crippen molar-refractivity contribution in [2.24, 2.45) is 0 Å². The molecule has 3 nitrogen and oxygen atoms in total. The van der Waals surface area contributed by atoms with E-state index in [9.17, 15) is 0 Å². The Morgan fingerprint density at radius 2 is 1.19 bits per heavy atom. The fourth-order valence-corrected chi connectivity index (χ4v) is 2.82. The molecular formula is C18H16N2O. The molecule has 0 bridgehead atoms.